The molecule has 0 saturated heterocycles. The van der Waals surface area contributed by atoms with Gasteiger partial charge in [-0.05, 0) is 23.8 Å². The molecule has 8 nitrogen and oxygen atoms in total. The fourth-order valence-electron chi connectivity index (χ4n) is 3.30. The Labute approximate surface area is 168 Å². The van der Waals surface area contributed by atoms with Crippen LogP contribution in [0.1, 0.15) is 66.2 Å². The number of esters is 1. The molecule has 0 aromatic rings. The second-order valence-corrected chi connectivity index (χ2v) is 9.28. The molecule has 1 fully saturated rings. The minimum absolute atomic E-state index is 0.0325. The fraction of sp³-hybridized carbons (Fsp3) is 0.895. The molecule has 0 aliphatic heterocycles. The van der Waals surface area contributed by atoms with Gasteiger partial charge in [-0.2, -0.15) is 4.89 Å². The van der Waals surface area contributed by atoms with Gasteiger partial charge < -0.3 is 19.9 Å². The Kier molecular flexibility index (Phi) is 10.9. The Balaban J connectivity index is 2.47. The van der Waals surface area contributed by atoms with Gasteiger partial charge in [0.1, 0.15) is 6.10 Å². The SMILES string of the molecule is CC(C)C(=O)O[C@@H](OC(=O)NCC[C@H](O)[C@H](C1CCCCC1)[P+](=O)O)C(C)C. The first-order chi connectivity index (χ1) is 13.1. The Morgan fingerprint density at radius 3 is 2.21 bits per heavy atom. The molecule has 1 unspecified atom stereocenters. The number of nitrogens with one attached hydrogen (secondary N) is 1. The van der Waals surface area contributed by atoms with Crippen LogP contribution in [0.15, 0.2) is 0 Å². The van der Waals surface area contributed by atoms with Crippen LogP contribution < -0.4 is 5.32 Å². The van der Waals surface area contributed by atoms with Gasteiger partial charge in [-0.25, -0.2) is 4.79 Å². The van der Waals surface area contributed by atoms with E-state index in [0.717, 1.165) is 32.1 Å². The number of hydrogen-bond acceptors (Lipinski definition) is 6. The number of ether oxygens (including phenoxy) is 2. The lowest BCUT2D eigenvalue weighted by molar-refractivity contribution is -0.178. The van der Waals surface area contributed by atoms with Crippen LogP contribution in [-0.4, -0.2) is 46.7 Å². The summed E-state index contributed by atoms with van der Waals surface area (Å²) in [5, 5.41) is 12.9. The molecule has 0 spiro atoms. The zero-order valence-electron chi connectivity index (χ0n) is 17.3. The first-order valence-corrected chi connectivity index (χ1v) is 11.4. The van der Waals surface area contributed by atoms with E-state index in [1.165, 1.54) is 0 Å². The van der Waals surface area contributed by atoms with E-state index in [1.54, 1.807) is 27.7 Å². The maximum absolute atomic E-state index is 12.0. The largest absolute Gasteiger partial charge is 0.511 e. The second kappa shape index (κ2) is 12.3. The van der Waals surface area contributed by atoms with E-state index < -0.39 is 38.1 Å². The van der Waals surface area contributed by atoms with Crippen molar-refractivity contribution in [3.05, 3.63) is 0 Å². The molecular formula is C19H35NO7P+. The van der Waals surface area contributed by atoms with Gasteiger partial charge in [0.2, 0.25) is 5.66 Å². The van der Waals surface area contributed by atoms with E-state index in [9.17, 15) is 24.2 Å². The molecule has 4 atom stereocenters. The highest BCUT2D eigenvalue weighted by atomic mass is 31.1. The quantitative estimate of drug-likeness (QED) is 0.281. The van der Waals surface area contributed by atoms with E-state index in [-0.39, 0.29) is 30.7 Å². The van der Waals surface area contributed by atoms with Crippen molar-refractivity contribution in [1.29, 1.82) is 0 Å². The van der Waals surface area contributed by atoms with Gasteiger partial charge in [0.05, 0.1) is 5.92 Å². The van der Waals surface area contributed by atoms with Crippen LogP contribution in [0.2, 0.25) is 0 Å². The third-order valence-electron chi connectivity index (χ3n) is 4.96. The average Bonchev–Trinajstić information content (AvgIpc) is 2.61. The molecule has 0 aromatic carbocycles. The van der Waals surface area contributed by atoms with Crippen molar-refractivity contribution in [2.75, 3.05) is 6.54 Å². The summed E-state index contributed by atoms with van der Waals surface area (Å²) in [5.41, 5.74) is -0.677. The molecule has 1 rings (SSSR count). The van der Waals surface area contributed by atoms with Gasteiger partial charge in [-0.1, -0.05) is 47.0 Å². The molecule has 0 bridgehead atoms. The monoisotopic (exact) mass is 420 g/mol. The molecular weight excluding hydrogens is 385 g/mol. The maximum Gasteiger partial charge on any atom is 0.511 e. The molecule has 1 saturated carbocycles. The third kappa shape index (κ3) is 8.41. The predicted octanol–water partition coefficient (Wildman–Crippen LogP) is 3.33. The van der Waals surface area contributed by atoms with Crippen LogP contribution in [0, 0.1) is 17.8 Å². The molecule has 1 aliphatic carbocycles. The van der Waals surface area contributed by atoms with Crippen LogP contribution in [0.4, 0.5) is 4.79 Å². The lowest BCUT2D eigenvalue weighted by Gasteiger charge is -2.26. The first-order valence-electron chi connectivity index (χ1n) is 10.1. The van der Waals surface area contributed by atoms with Crippen LogP contribution in [0.25, 0.3) is 0 Å². The summed E-state index contributed by atoms with van der Waals surface area (Å²) in [6.07, 6.45) is 2.24. The van der Waals surface area contributed by atoms with Gasteiger partial charge in [0.15, 0.2) is 0 Å². The minimum atomic E-state index is -2.50. The van der Waals surface area contributed by atoms with E-state index in [4.69, 9.17) is 9.47 Å². The summed E-state index contributed by atoms with van der Waals surface area (Å²) in [6, 6.07) is 0. The minimum Gasteiger partial charge on any atom is -0.425 e. The van der Waals surface area contributed by atoms with Gasteiger partial charge in [-0.3, -0.25) is 4.79 Å². The lowest BCUT2D eigenvalue weighted by Crippen LogP contribution is -2.38. The number of aliphatic hydroxyl groups excluding tert-OH is 1. The number of alkyl carbamates (subject to hydrolysis) is 1. The molecule has 0 radical (unpaired) electrons. The number of carbonyl (C=O) groups is 2. The molecule has 0 aromatic heterocycles. The number of amides is 1. The van der Waals surface area contributed by atoms with E-state index in [0.29, 0.717) is 0 Å². The molecule has 1 amide bonds. The van der Waals surface area contributed by atoms with Crippen molar-refractivity contribution >= 4 is 20.1 Å². The van der Waals surface area contributed by atoms with Crippen molar-refractivity contribution < 1.29 is 33.6 Å². The highest BCUT2D eigenvalue weighted by molar-refractivity contribution is 7.39. The smallest absolute Gasteiger partial charge is 0.425 e. The summed E-state index contributed by atoms with van der Waals surface area (Å²) >= 11 is 0. The van der Waals surface area contributed by atoms with Gasteiger partial charge in [0.25, 0.3) is 6.29 Å². The summed E-state index contributed by atoms with van der Waals surface area (Å²) in [7, 11) is -2.50. The van der Waals surface area contributed by atoms with Crippen molar-refractivity contribution in [3.63, 3.8) is 0 Å². The Hall–Kier alpha value is -1.24. The van der Waals surface area contributed by atoms with Crippen LogP contribution in [0.3, 0.4) is 0 Å². The summed E-state index contributed by atoms with van der Waals surface area (Å²) in [6.45, 7) is 7.00. The highest BCUT2D eigenvalue weighted by Gasteiger charge is 2.43. The third-order valence-corrected chi connectivity index (χ3v) is 6.24. The fourth-order valence-corrected chi connectivity index (χ4v) is 4.41. The maximum atomic E-state index is 12.0. The van der Waals surface area contributed by atoms with Crippen molar-refractivity contribution in [2.45, 2.75) is 84.3 Å². The normalized spacial score (nSPS) is 19.1. The summed E-state index contributed by atoms with van der Waals surface area (Å²) < 4.78 is 22.1. The van der Waals surface area contributed by atoms with Crippen molar-refractivity contribution in [1.82, 2.24) is 5.32 Å². The van der Waals surface area contributed by atoms with Crippen LogP contribution in [0.5, 0.6) is 0 Å². The number of rotatable bonds is 10. The zero-order chi connectivity index (χ0) is 21.3. The Morgan fingerprint density at radius 2 is 1.71 bits per heavy atom. The number of hydrogen-bond donors (Lipinski definition) is 3. The van der Waals surface area contributed by atoms with E-state index in [2.05, 4.69) is 5.32 Å². The van der Waals surface area contributed by atoms with Gasteiger partial charge in [0, 0.05) is 18.4 Å². The number of aliphatic hydroxyl groups is 1. The lowest BCUT2D eigenvalue weighted by atomic mass is 9.84. The average molecular weight is 420 g/mol. The molecule has 3 N–H and O–H groups in total. The van der Waals surface area contributed by atoms with Crippen molar-refractivity contribution in [3.8, 4) is 0 Å². The van der Waals surface area contributed by atoms with Gasteiger partial charge >= 0.3 is 20.1 Å². The Bertz CT molecular complexity index is 520. The molecule has 0 heterocycles. The topological polar surface area (TPSA) is 122 Å². The Morgan fingerprint density at radius 1 is 1.11 bits per heavy atom. The van der Waals surface area contributed by atoms with Crippen molar-refractivity contribution in [2.24, 2.45) is 17.8 Å². The number of carbonyl (C=O) groups excluding carboxylic acids is 2. The standard InChI is InChI=1S/C19H34NO7P/c1-12(2)17(22)26-18(13(3)4)27-19(23)20-11-10-15(21)16(28(24)25)14-8-6-5-7-9-14/h12-16,18,21H,5-11H2,1-4H3,(H-,20,23,24,25)/p+1/t15-,16-,18-/m0/s1. The van der Waals surface area contributed by atoms with Crippen LogP contribution >= 0.6 is 8.03 Å². The highest BCUT2D eigenvalue weighted by Crippen LogP contribution is 2.40. The molecule has 28 heavy (non-hydrogen) atoms. The second-order valence-electron chi connectivity index (χ2n) is 8.08. The molecule has 1 aliphatic rings. The molecule has 9 heteroatoms. The van der Waals surface area contributed by atoms with E-state index in [1.807, 2.05) is 0 Å². The summed E-state index contributed by atoms with van der Waals surface area (Å²) in [4.78, 5) is 33.3. The van der Waals surface area contributed by atoms with E-state index >= 15 is 0 Å². The zero-order valence-corrected chi connectivity index (χ0v) is 18.2. The van der Waals surface area contributed by atoms with Gasteiger partial charge in [-0.15, -0.1) is 0 Å². The summed E-state index contributed by atoms with van der Waals surface area (Å²) in [5.74, 6) is -0.970. The first kappa shape index (κ1) is 24.8. The van der Waals surface area contributed by atoms with Crippen LogP contribution in [-0.2, 0) is 18.8 Å². The predicted molar refractivity (Wildman–Crippen MR) is 105 cm³/mol. The molecule has 162 valence electrons.